The van der Waals surface area contributed by atoms with Gasteiger partial charge >= 0.3 is 0 Å². The molecule has 0 atom stereocenters. The van der Waals surface area contributed by atoms with Gasteiger partial charge in [-0.05, 0) is 36.4 Å². The summed E-state index contributed by atoms with van der Waals surface area (Å²) >= 11 is 0. The quantitative estimate of drug-likeness (QED) is 0.698. The molecule has 1 aliphatic heterocycles. The number of hydrogen-bond donors (Lipinski definition) is 0. The minimum absolute atomic E-state index is 0.0178. The van der Waals surface area contributed by atoms with Crippen molar-refractivity contribution in [2.45, 2.75) is 6.92 Å². The Balaban J connectivity index is 1.69. The molecule has 0 N–H and O–H groups in total. The fourth-order valence-electron chi connectivity index (χ4n) is 3.38. The number of piperazine rings is 1. The van der Waals surface area contributed by atoms with Crippen molar-refractivity contribution in [1.29, 1.82) is 0 Å². The van der Waals surface area contributed by atoms with Gasteiger partial charge in [0.05, 0.1) is 11.9 Å². The second kappa shape index (κ2) is 7.30. The minimum atomic E-state index is -0.335. The van der Waals surface area contributed by atoms with E-state index in [4.69, 9.17) is 0 Å². The third-order valence-corrected chi connectivity index (χ3v) is 4.91. The van der Waals surface area contributed by atoms with E-state index in [-0.39, 0.29) is 17.6 Å². The van der Waals surface area contributed by atoms with Gasteiger partial charge in [-0.15, -0.1) is 0 Å². The summed E-state index contributed by atoms with van der Waals surface area (Å²) in [4.78, 5) is 28.2. The van der Waals surface area contributed by atoms with Crippen LogP contribution in [0.1, 0.15) is 17.3 Å². The van der Waals surface area contributed by atoms with Gasteiger partial charge in [0.15, 0.2) is 5.82 Å². The van der Waals surface area contributed by atoms with Crippen LogP contribution in [0.25, 0.3) is 11.5 Å². The minimum Gasteiger partial charge on any atom is -0.339 e. The maximum absolute atomic E-state index is 13.3. The summed E-state index contributed by atoms with van der Waals surface area (Å²) in [6.45, 7) is 3.53. The van der Waals surface area contributed by atoms with Crippen LogP contribution in [-0.2, 0) is 4.79 Å². The maximum atomic E-state index is 13.3. The zero-order chi connectivity index (χ0) is 19.7. The van der Waals surface area contributed by atoms with E-state index in [0.717, 1.165) is 0 Å². The van der Waals surface area contributed by atoms with E-state index in [1.807, 2.05) is 29.1 Å². The Kier molecular flexibility index (Phi) is 4.68. The zero-order valence-corrected chi connectivity index (χ0v) is 15.5. The Morgan fingerprint density at radius 1 is 0.964 bits per heavy atom. The summed E-state index contributed by atoms with van der Waals surface area (Å²) in [6, 6.07) is 9.69. The average Bonchev–Trinajstić information content (AvgIpc) is 3.37. The molecular weight excluding hydrogens is 361 g/mol. The van der Waals surface area contributed by atoms with Crippen molar-refractivity contribution in [3.63, 3.8) is 0 Å². The van der Waals surface area contributed by atoms with Gasteiger partial charge in [-0.3, -0.25) is 9.59 Å². The molecule has 2 aromatic heterocycles. The van der Waals surface area contributed by atoms with Crippen LogP contribution < -0.4 is 0 Å². The second-order valence-corrected chi connectivity index (χ2v) is 6.66. The van der Waals surface area contributed by atoms with Gasteiger partial charge in [0.1, 0.15) is 11.4 Å². The zero-order valence-electron chi connectivity index (χ0n) is 15.5. The molecule has 144 valence electrons. The Morgan fingerprint density at radius 2 is 1.57 bits per heavy atom. The van der Waals surface area contributed by atoms with Crippen LogP contribution in [0.3, 0.4) is 0 Å². The third-order valence-electron chi connectivity index (χ3n) is 4.91. The molecule has 2 amide bonds. The number of rotatable bonds is 3. The lowest BCUT2D eigenvalue weighted by molar-refractivity contribution is -0.130. The first-order valence-corrected chi connectivity index (χ1v) is 9.06. The highest BCUT2D eigenvalue weighted by atomic mass is 19.1. The van der Waals surface area contributed by atoms with E-state index in [1.165, 1.54) is 19.1 Å². The van der Waals surface area contributed by atoms with Crippen LogP contribution in [0.15, 0.2) is 55.0 Å². The molecule has 1 saturated heterocycles. The average molecular weight is 381 g/mol. The Labute approximate surface area is 161 Å². The molecule has 0 aliphatic carbocycles. The summed E-state index contributed by atoms with van der Waals surface area (Å²) in [5.41, 5.74) is 1.11. The van der Waals surface area contributed by atoms with Crippen LogP contribution in [0.5, 0.6) is 0 Å². The standard InChI is InChI=1S/C20H20FN5O2/c1-15(27)23-10-12-25(13-11-23)20(28)18-14-22-26(17-6-4-16(21)5-7-17)19(18)24-8-2-3-9-24/h2-9,14H,10-13H2,1H3. The molecule has 8 heteroatoms. The second-order valence-electron chi connectivity index (χ2n) is 6.66. The van der Waals surface area contributed by atoms with Crippen LogP contribution in [0.2, 0.25) is 0 Å². The smallest absolute Gasteiger partial charge is 0.259 e. The monoisotopic (exact) mass is 381 g/mol. The lowest BCUT2D eigenvalue weighted by Crippen LogP contribution is -2.50. The lowest BCUT2D eigenvalue weighted by atomic mass is 10.2. The first kappa shape index (κ1) is 18.0. The van der Waals surface area contributed by atoms with E-state index in [1.54, 1.807) is 32.8 Å². The first-order valence-electron chi connectivity index (χ1n) is 9.06. The number of carbonyl (C=O) groups is 2. The predicted octanol–water partition coefficient (Wildman–Crippen LogP) is 2.11. The molecule has 4 rings (SSSR count). The predicted molar refractivity (Wildman–Crippen MR) is 101 cm³/mol. The third kappa shape index (κ3) is 3.28. The van der Waals surface area contributed by atoms with Gasteiger partial charge < -0.3 is 14.4 Å². The summed E-state index contributed by atoms with van der Waals surface area (Å²) in [7, 11) is 0. The lowest BCUT2D eigenvalue weighted by Gasteiger charge is -2.34. The van der Waals surface area contributed by atoms with Crippen molar-refractivity contribution >= 4 is 11.8 Å². The summed E-state index contributed by atoms with van der Waals surface area (Å²) in [6.07, 6.45) is 5.21. The highest BCUT2D eigenvalue weighted by Gasteiger charge is 2.27. The topological polar surface area (TPSA) is 63.4 Å². The number of hydrogen-bond acceptors (Lipinski definition) is 3. The molecule has 1 aliphatic rings. The number of aromatic nitrogens is 3. The van der Waals surface area contributed by atoms with E-state index in [9.17, 15) is 14.0 Å². The number of carbonyl (C=O) groups excluding carboxylic acids is 2. The fraction of sp³-hybridized carbons (Fsp3) is 0.250. The molecular formula is C20H20FN5O2. The number of nitrogens with zero attached hydrogens (tertiary/aromatic N) is 5. The van der Waals surface area contributed by atoms with Gasteiger partial charge in [0.25, 0.3) is 5.91 Å². The van der Waals surface area contributed by atoms with E-state index >= 15 is 0 Å². The molecule has 7 nitrogen and oxygen atoms in total. The van der Waals surface area contributed by atoms with Crippen molar-refractivity contribution in [3.05, 3.63) is 66.4 Å². The van der Waals surface area contributed by atoms with Crippen molar-refractivity contribution < 1.29 is 14.0 Å². The molecule has 0 spiro atoms. The number of benzene rings is 1. The van der Waals surface area contributed by atoms with Crippen molar-refractivity contribution in [2.75, 3.05) is 26.2 Å². The van der Waals surface area contributed by atoms with E-state index in [0.29, 0.717) is 43.2 Å². The van der Waals surface area contributed by atoms with E-state index < -0.39 is 0 Å². The summed E-state index contributed by atoms with van der Waals surface area (Å²) in [5.74, 6) is 0.137. The van der Waals surface area contributed by atoms with Gasteiger partial charge in [-0.2, -0.15) is 5.10 Å². The Hall–Kier alpha value is -3.42. The van der Waals surface area contributed by atoms with Gasteiger partial charge in [-0.1, -0.05) is 0 Å². The Bertz CT molecular complexity index is 986. The van der Waals surface area contributed by atoms with Gasteiger partial charge in [-0.25, -0.2) is 9.07 Å². The van der Waals surface area contributed by atoms with Gasteiger partial charge in [0.2, 0.25) is 5.91 Å². The molecule has 0 unspecified atom stereocenters. The molecule has 0 radical (unpaired) electrons. The molecule has 1 fully saturated rings. The molecule has 0 bridgehead atoms. The molecule has 1 aromatic carbocycles. The summed E-state index contributed by atoms with van der Waals surface area (Å²) in [5, 5.41) is 4.39. The normalized spacial score (nSPS) is 14.4. The van der Waals surface area contributed by atoms with Crippen LogP contribution in [0, 0.1) is 5.82 Å². The van der Waals surface area contributed by atoms with Crippen molar-refractivity contribution in [1.82, 2.24) is 24.1 Å². The van der Waals surface area contributed by atoms with E-state index in [2.05, 4.69) is 5.10 Å². The number of halogens is 1. The Morgan fingerprint density at radius 3 is 2.18 bits per heavy atom. The van der Waals surface area contributed by atoms with Crippen LogP contribution in [-0.4, -0.2) is 62.1 Å². The first-order chi connectivity index (χ1) is 13.5. The highest BCUT2D eigenvalue weighted by Crippen LogP contribution is 2.22. The summed E-state index contributed by atoms with van der Waals surface area (Å²) < 4.78 is 16.8. The SMILES string of the molecule is CC(=O)N1CCN(C(=O)c2cnn(-c3ccc(F)cc3)c2-n2cccc2)CC1. The maximum Gasteiger partial charge on any atom is 0.259 e. The fourth-order valence-corrected chi connectivity index (χ4v) is 3.38. The van der Waals surface area contributed by atoms with Crippen molar-refractivity contribution in [3.8, 4) is 11.5 Å². The molecule has 0 saturated carbocycles. The molecule has 3 heterocycles. The van der Waals surface area contributed by atoms with Crippen LogP contribution >= 0.6 is 0 Å². The molecule has 3 aromatic rings. The largest absolute Gasteiger partial charge is 0.339 e. The number of amides is 2. The van der Waals surface area contributed by atoms with Gasteiger partial charge in [0, 0.05) is 45.5 Å². The highest BCUT2D eigenvalue weighted by molar-refractivity contribution is 5.97. The van der Waals surface area contributed by atoms with Crippen molar-refractivity contribution in [2.24, 2.45) is 0 Å². The molecule has 28 heavy (non-hydrogen) atoms. The van der Waals surface area contributed by atoms with Crippen LogP contribution in [0.4, 0.5) is 4.39 Å².